The highest BCUT2D eigenvalue weighted by molar-refractivity contribution is 6.91. The third-order valence-corrected chi connectivity index (χ3v) is 18.0. The zero-order valence-electron chi connectivity index (χ0n) is 46.9. The molecule has 6 nitrogen and oxygen atoms in total. The first-order valence-electron chi connectivity index (χ1n) is 29.0. The number of hydrogen-bond acceptors (Lipinski definition) is 4. The SMILES string of the molecule is CC(C)(C)N1c2ccccc2B2c3c(cc(N(c4ccccc4)c4ccccc4)cc31)-c1c3c4ccccc4n4c3c(c3c5ccccc5n2c13)-c1cc(N(c2ccccc2)c2ccccc2)cc2c1B4c1ccccc1N2C(C)(C)C. The Morgan fingerprint density at radius 3 is 0.988 bits per heavy atom. The average molecular weight is 1050 g/mol. The quantitative estimate of drug-likeness (QED) is 0.155. The van der Waals surface area contributed by atoms with Gasteiger partial charge in [0.05, 0.1) is 0 Å². The fourth-order valence-corrected chi connectivity index (χ4v) is 15.3. The number of aromatic nitrogens is 2. The second kappa shape index (κ2) is 16.9. The maximum absolute atomic E-state index is 2.78. The molecule has 0 aliphatic carbocycles. The molecule has 0 unspecified atom stereocenters. The summed E-state index contributed by atoms with van der Waals surface area (Å²) in [6.07, 6.45) is 0. The van der Waals surface area contributed by atoms with Crippen LogP contribution in [0.2, 0.25) is 0 Å². The first kappa shape index (κ1) is 47.2. The molecule has 0 saturated heterocycles. The molecule has 4 aliphatic rings. The highest BCUT2D eigenvalue weighted by Gasteiger charge is 2.50. The van der Waals surface area contributed by atoms with Crippen LogP contribution in [0.1, 0.15) is 41.5 Å². The summed E-state index contributed by atoms with van der Waals surface area (Å²) in [5, 5.41) is 5.11. The van der Waals surface area contributed by atoms with Crippen molar-refractivity contribution >= 4 is 136 Å². The van der Waals surface area contributed by atoms with Gasteiger partial charge in [0.25, 0.3) is 0 Å². The van der Waals surface area contributed by atoms with Gasteiger partial charge in [0.1, 0.15) is 0 Å². The van der Waals surface area contributed by atoms with E-state index >= 15 is 0 Å². The molecule has 6 heterocycles. The summed E-state index contributed by atoms with van der Waals surface area (Å²) in [6, 6.07) is 91.1. The van der Waals surface area contributed by atoms with Crippen LogP contribution in [0.5, 0.6) is 0 Å². The van der Waals surface area contributed by atoms with E-state index in [1.807, 2.05) is 0 Å². The first-order valence-corrected chi connectivity index (χ1v) is 29.0. The molecule has 11 aromatic carbocycles. The van der Waals surface area contributed by atoms with Crippen molar-refractivity contribution in [2.24, 2.45) is 0 Å². The van der Waals surface area contributed by atoms with E-state index in [0.717, 1.165) is 34.1 Å². The third-order valence-electron chi connectivity index (χ3n) is 18.0. The highest BCUT2D eigenvalue weighted by Crippen LogP contribution is 2.57. The van der Waals surface area contributed by atoms with Gasteiger partial charge < -0.3 is 28.6 Å². The van der Waals surface area contributed by atoms with Gasteiger partial charge in [-0.15, -0.1) is 0 Å². The lowest BCUT2D eigenvalue weighted by atomic mass is 9.44. The van der Waals surface area contributed by atoms with Crippen LogP contribution < -0.4 is 41.5 Å². The Hall–Kier alpha value is -9.65. The van der Waals surface area contributed by atoms with Gasteiger partial charge in [0.2, 0.25) is 0 Å². The van der Waals surface area contributed by atoms with Gasteiger partial charge in [-0.05, 0) is 172 Å². The molecule has 0 saturated carbocycles. The standard InChI is InChI=1S/C74H58B2N6/c1-73(2,3)79-61-41-25-21-37-57(61)75-69-55(43-51(45-63(69)79)77(47-27-11-7-12-28-47)48-29-13-8-14-30-48)67-65-54-36-20-24-40-60(54)82-72(65)68(66-53-35-19-23-39-59(53)81(75)71(66)67)56-44-52(78(49-31-15-9-16-32-49)50-33-17-10-18-34-50)46-64-70(56)76(82)58-38-22-26-42-62(58)80(64)74(4,5)6/h7-46H,1-6H3. The number of benzene rings is 11. The summed E-state index contributed by atoms with van der Waals surface area (Å²) < 4.78 is 5.55. The maximum atomic E-state index is 2.78. The topological polar surface area (TPSA) is 22.8 Å². The number of anilines is 10. The molecule has 13 aromatic rings. The fourth-order valence-electron chi connectivity index (χ4n) is 15.3. The van der Waals surface area contributed by atoms with E-state index in [4.69, 9.17) is 0 Å². The zero-order valence-corrected chi connectivity index (χ0v) is 46.9. The van der Waals surface area contributed by atoms with E-state index < -0.39 is 0 Å². The second-order valence-corrected chi connectivity index (χ2v) is 24.8. The molecule has 0 N–H and O–H groups in total. The summed E-state index contributed by atoms with van der Waals surface area (Å²) in [5.41, 5.74) is 26.5. The Kier molecular flexibility index (Phi) is 9.75. The maximum Gasteiger partial charge on any atom is 0.333 e. The molecule has 17 rings (SSSR count). The zero-order chi connectivity index (χ0) is 54.9. The minimum Gasteiger partial charge on any atom is -0.375 e. The smallest absolute Gasteiger partial charge is 0.333 e. The van der Waals surface area contributed by atoms with Crippen LogP contribution in [-0.2, 0) is 0 Å². The van der Waals surface area contributed by atoms with Gasteiger partial charge >= 0.3 is 13.7 Å². The lowest BCUT2D eigenvalue weighted by Gasteiger charge is -2.47. The van der Waals surface area contributed by atoms with Crippen LogP contribution in [-0.4, -0.2) is 33.7 Å². The van der Waals surface area contributed by atoms with Gasteiger partial charge in [0.15, 0.2) is 0 Å². The molecule has 2 aromatic heterocycles. The molecule has 4 aliphatic heterocycles. The van der Waals surface area contributed by atoms with E-state index in [-0.39, 0.29) is 24.8 Å². The summed E-state index contributed by atoms with van der Waals surface area (Å²) >= 11 is 0. The number of nitrogens with zero attached hydrogens (tertiary/aromatic N) is 6. The van der Waals surface area contributed by atoms with Crippen LogP contribution in [0.3, 0.4) is 0 Å². The molecule has 0 bridgehead atoms. The molecule has 0 amide bonds. The van der Waals surface area contributed by atoms with Crippen LogP contribution >= 0.6 is 0 Å². The Balaban J connectivity index is 1.11. The van der Waals surface area contributed by atoms with Crippen LogP contribution in [0.25, 0.3) is 65.9 Å². The normalized spacial score (nSPS) is 13.6. The monoisotopic (exact) mass is 1050 g/mol. The summed E-state index contributed by atoms with van der Waals surface area (Å²) in [5.74, 6) is 0. The van der Waals surface area contributed by atoms with E-state index in [1.54, 1.807) is 0 Å². The average Bonchev–Trinajstić information content (AvgIpc) is 1.62. The van der Waals surface area contributed by atoms with E-state index in [0.29, 0.717) is 0 Å². The molecule has 8 heteroatoms. The fraction of sp³-hybridized carbons (Fsp3) is 0.108. The van der Waals surface area contributed by atoms with Crippen molar-refractivity contribution in [1.29, 1.82) is 0 Å². The molecule has 0 radical (unpaired) electrons. The molecule has 390 valence electrons. The van der Waals surface area contributed by atoms with Gasteiger partial charge in [-0.25, -0.2) is 0 Å². The van der Waals surface area contributed by atoms with Crippen LogP contribution in [0, 0.1) is 0 Å². The molecule has 0 spiro atoms. The molecule has 82 heavy (non-hydrogen) atoms. The van der Waals surface area contributed by atoms with E-state index in [1.165, 1.54) is 110 Å². The largest absolute Gasteiger partial charge is 0.375 e. The lowest BCUT2D eigenvalue weighted by Crippen LogP contribution is -2.60. The summed E-state index contributed by atoms with van der Waals surface area (Å²) in [6.45, 7) is 14.0. The van der Waals surface area contributed by atoms with Crippen molar-refractivity contribution in [3.05, 3.63) is 243 Å². The van der Waals surface area contributed by atoms with Crippen molar-refractivity contribution in [3.63, 3.8) is 0 Å². The van der Waals surface area contributed by atoms with Crippen molar-refractivity contribution in [1.82, 2.24) is 8.96 Å². The molecular formula is C74H58B2N6. The Morgan fingerprint density at radius 1 is 0.317 bits per heavy atom. The first-order chi connectivity index (χ1) is 40.0. The second-order valence-electron chi connectivity index (χ2n) is 24.8. The molecular weight excluding hydrogens is 994 g/mol. The minimum atomic E-state index is -0.288. The number of fused-ring (bicyclic) bond motifs is 16. The molecule has 0 fully saturated rings. The van der Waals surface area contributed by atoms with Crippen molar-refractivity contribution < 1.29 is 0 Å². The van der Waals surface area contributed by atoms with Gasteiger partial charge in [-0.2, -0.15) is 0 Å². The van der Waals surface area contributed by atoms with Crippen molar-refractivity contribution in [3.8, 4) is 22.3 Å². The predicted molar refractivity (Wildman–Crippen MR) is 350 cm³/mol. The highest BCUT2D eigenvalue weighted by atomic mass is 15.2. The van der Waals surface area contributed by atoms with Gasteiger partial charge in [-0.3, -0.25) is 0 Å². The Bertz CT molecular complexity index is 4420. The van der Waals surface area contributed by atoms with Crippen molar-refractivity contribution in [2.45, 2.75) is 52.6 Å². The van der Waals surface area contributed by atoms with Gasteiger partial charge in [0, 0.05) is 123 Å². The number of rotatable bonds is 6. The third kappa shape index (κ3) is 6.38. The van der Waals surface area contributed by atoms with Crippen LogP contribution in [0.4, 0.5) is 56.9 Å². The van der Waals surface area contributed by atoms with Crippen LogP contribution in [0.15, 0.2) is 243 Å². The van der Waals surface area contributed by atoms with E-state index in [9.17, 15) is 0 Å². The summed E-state index contributed by atoms with van der Waals surface area (Å²) in [4.78, 5) is 10.2. The number of hydrogen-bond donors (Lipinski definition) is 0. The lowest BCUT2D eigenvalue weighted by molar-refractivity contribution is 0.561. The Morgan fingerprint density at radius 2 is 0.634 bits per heavy atom. The Labute approximate surface area is 479 Å². The van der Waals surface area contributed by atoms with E-state index in [2.05, 4.69) is 313 Å². The number of para-hydroxylation sites is 8. The van der Waals surface area contributed by atoms with Crippen molar-refractivity contribution in [2.75, 3.05) is 19.6 Å². The minimum absolute atomic E-state index is 0.129. The molecule has 0 atom stereocenters. The van der Waals surface area contributed by atoms with Gasteiger partial charge in [-0.1, -0.05) is 146 Å². The summed E-state index contributed by atoms with van der Waals surface area (Å²) in [7, 11) is 0. The predicted octanol–water partition coefficient (Wildman–Crippen LogP) is 16.6.